The number of nitrogens with zero attached hydrogens (tertiary/aromatic N) is 2. The standard InChI is InChI=1S/C30H24Cl2N2O4S/c1-3-37-29(36)26-18(2)33-30-34(27(26)20-7-5-4-6-8-20)28(35)25(39-30)15-19-9-13-23(14-10-19)38-17-21-11-12-22(31)16-24(21)32/h4-16,27H,3,17H2,1-2H3/b25-15+. The fourth-order valence-electron chi connectivity index (χ4n) is 4.35. The van der Waals surface area contributed by atoms with E-state index in [1.54, 1.807) is 30.5 Å². The van der Waals surface area contributed by atoms with Crippen molar-refractivity contribution in [2.75, 3.05) is 6.61 Å². The van der Waals surface area contributed by atoms with Crippen molar-refractivity contribution in [1.29, 1.82) is 0 Å². The fraction of sp³-hybridized carbons (Fsp3) is 0.167. The van der Waals surface area contributed by atoms with Gasteiger partial charge in [-0.15, -0.1) is 0 Å². The minimum Gasteiger partial charge on any atom is -0.489 e. The van der Waals surface area contributed by atoms with Gasteiger partial charge in [-0.3, -0.25) is 9.36 Å². The van der Waals surface area contributed by atoms with Crippen LogP contribution in [0.3, 0.4) is 0 Å². The summed E-state index contributed by atoms with van der Waals surface area (Å²) in [5, 5.41) is 1.12. The van der Waals surface area contributed by atoms with E-state index in [0.29, 0.717) is 43.0 Å². The Morgan fingerprint density at radius 3 is 2.51 bits per heavy atom. The molecule has 0 radical (unpaired) electrons. The summed E-state index contributed by atoms with van der Waals surface area (Å²) in [7, 11) is 0. The molecule has 2 heterocycles. The maximum atomic E-state index is 13.7. The maximum absolute atomic E-state index is 13.7. The van der Waals surface area contributed by atoms with Crippen molar-refractivity contribution in [2.45, 2.75) is 26.5 Å². The van der Waals surface area contributed by atoms with Crippen molar-refractivity contribution in [3.05, 3.63) is 130 Å². The van der Waals surface area contributed by atoms with E-state index in [1.807, 2.05) is 66.7 Å². The van der Waals surface area contributed by atoms with Crippen molar-refractivity contribution in [2.24, 2.45) is 4.99 Å². The van der Waals surface area contributed by atoms with E-state index in [1.165, 1.54) is 11.3 Å². The smallest absolute Gasteiger partial charge is 0.338 e. The number of carbonyl (C=O) groups is 1. The van der Waals surface area contributed by atoms with Crippen LogP contribution in [0.25, 0.3) is 6.08 Å². The van der Waals surface area contributed by atoms with Gasteiger partial charge in [-0.2, -0.15) is 0 Å². The van der Waals surface area contributed by atoms with Crippen LogP contribution >= 0.6 is 34.5 Å². The van der Waals surface area contributed by atoms with E-state index in [0.717, 1.165) is 16.7 Å². The van der Waals surface area contributed by atoms with Crippen LogP contribution < -0.4 is 19.6 Å². The Balaban J connectivity index is 1.47. The van der Waals surface area contributed by atoms with Gasteiger partial charge < -0.3 is 9.47 Å². The predicted octanol–water partition coefficient (Wildman–Crippen LogP) is 5.68. The number of hydrogen-bond donors (Lipinski definition) is 0. The van der Waals surface area contributed by atoms with Gasteiger partial charge in [0, 0.05) is 15.6 Å². The van der Waals surface area contributed by atoms with Crippen LogP contribution in [0.15, 0.2) is 93.9 Å². The van der Waals surface area contributed by atoms with Crippen molar-refractivity contribution in [3.8, 4) is 5.75 Å². The van der Waals surface area contributed by atoms with Crippen molar-refractivity contribution >= 4 is 46.6 Å². The van der Waals surface area contributed by atoms with E-state index >= 15 is 0 Å². The molecular formula is C30H24Cl2N2O4S. The summed E-state index contributed by atoms with van der Waals surface area (Å²) >= 11 is 13.5. The number of rotatable bonds is 7. The second kappa shape index (κ2) is 11.6. The minimum atomic E-state index is -0.626. The Hall–Kier alpha value is -3.65. The summed E-state index contributed by atoms with van der Waals surface area (Å²) in [6.45, 7) is 4.06. The monoisotopic (exact) mass is 578 g/mol. The van der Waals surface area contributed by atoms with Crippen LogP contribution in [-0.2, 0) is 16.1 Å². The molecule has 0 aliphatic carbocycles. The van der Waals surface area contributed by atoms with Crippen molar-refractivity contribution < 1.29 is 14.3 Å². The Kier molecular flexibility index (Phi) is 8.02. The van der Waals surface area contributed by atoms with Crippen LogP contribution in [0, 0.1) is 0 Å². The van der Waals surface area contributed by atoms with Crippen molar-refractivity contribution in [3.63, 3.8) is 0 Å². The summed E-state index contributed by atoms with van der Waals surface area (Å²) in [5.74, 6) is 0.191. The zero-order chi connectivity index (χ0) is 27.5. The normalized spacial score (nSPS) is 15.1. The molecule has 4 aromatic rings. The van der Waals surface area contributed by atoms with Gasteiger partial charge in [0.25, 0.3) is 5.56 Å². The second-order valence-electron chi connectivity index (χ2n) is 8.81. The van der Waals surface area contributed by atoms with Gasteiger partial charge in [0.2, 0.25) is 0 Å². The van der Waals surface area contributed by atoms with Gasteiger partial charge in [-0.05, 0) is 55.3 Å². The zero-order valence-corrected chi connectivity index (χ0v) is 23.5. The second-order valence-corrected chi connectivity index (χ2v) is 10.7. The average molecular weight is 580 g/mol. The number of allylic oxidation sites excluding steroid dienone is 1. The molecule has 0 spiro atoms. The molecule has 1 atom stereocenters. The summed E-state index contributed by atoms with van der Waals surface area (Å²) in [5.41, 5.74) is 3.15. The molecule has 0 bridgehead atoms. The number of fused-ring (bicyclic) bond motifs is 1. The molecule has 9 heteroatoms. The van der Waals surface area contributed by atoms with Gasteiger partial charge in [-0.25, -0.2) is 9.79 Å². The van der Waals surface area contributed by atoms with Gasteiger partial charge in [-0.1, -0.05) is 83.1 Å². The van der Waals surface area contributed by atoms with Crippen LogP contribution in [0.4, 0.5) is 0 Å². The van der Waals surface area contributed by atoms with Crippen molar-refractivity contribution in [1.82, 2.24) is 4.57 Å². The van der Waals surface area contributed by atoms with E-state index in [9.17, 15) is 9.59 Å². The number of aromatic nitrogens is 1. The number of carbonyl (C=O) groups excluding carboxylic acids is 1. The third-order valence-corrected chi connectivity index (χ3v) is 7.79. The third kappa shape index (κ3) is 5.71. The van der Waals surface area contributed by atoms with Crippen LogP contribution in [-0.4, -0.2) is 17.1 Å². The molecule has 5 rings (SSSR count). The highest BCUT2D eigenvalue weighted by Crippen LogP contribution is 2.30. The number of esters is 1. The topological polar surface area (TPSA) is 69.9 Å². The fourth-order valence-corrected chi connectivity index (χ4v) is 5.86. The number of ether oxygens (including phenoxy) is 2. The lowest BCUT2D eigenvalue weighted by molar-refractivity contribution is -0.139. The van der Waals surface area contributed by atoms with E-state index in [-0.39, 0.29) is 12.2 Å². The first-order valence-corrected chi connectivity index (χ1v) is 13.8. The molecular weight excluding hydrogens is 555 g/mol. The molecule has 0 fully saturated rings. The molecule has 0 saturated heterocycles. The lowest BCUT2D eigenvalue weighted by atomic mass is 9.96. The summed E-state index contributed by atoms with van der Waals surface area (Å²) in [4.78, 5) is 31.8. The molecule has 198 valence electrons. The quantitative estimate of drug-likeness (QED) is 0.264. The third-order valence-electron chi connectivity index (χ3n) is 6.22. The van der Waals surface area contributed by atoms with E-state index in [4.69, 9.17) is 32.7 Å². The Bertz CT molecular complexity index is 1740. The van der Waals surface area contributed by atoms with Crippen LogP contribution in [0.5, 0.6) is 5.75 Å². The largest absolute Gasteiger partial charge is 0.489 e. The van der Waals surface area contributed by atoms with Crippen LogP contribution in [0.2, 0.25) is 10.0 Å². The molecule has 1 unspecified atom stereocenters. The first-order chi connectivity index (χ1) is 18.9. The minimum absolute atomic E-state index is 0.223. The lowest BCUT2D eigenvalue weighted by Gasteiger charge is -2.24. The highest BCUT2D eigenvalue weighted by Gasteiger charge is 2.33. The molecule has 1 aliphatic rings. The van der Waals surface area contributed by atoms with Gasteiger partial charge in [0.05, 0.1) is 28.5 Å². The number of halogens is 2. The molecule has 0 amide bonds. The first kappa shape index (κ1) is 26.9. The number of thiazole rings is 1. The number of benzene rings is 3. The van der Waals surface area contributed by atoms with E-state index in [2.05, 4.69) is 4.99 Å². The molecule has 1 aromatic heterocycles. The SMILES string of the molecule is CCOC(=O)C1=C(C)N=c2s/c(=C/c3ccc(OCc4ccc(Cl)cc4Cl)cc3)c(=O)n2C1c1ccccc1. The summed E-state index contributed by atoms with van der Waals surface area (Å²) in [6, 6.07) is 21.5. The lowest BCUT2D eigenvalue weighted by Crippen LogP contribution is -2.39. The van der Waals surface area contributed by atoms with Gasteiger partial charge in [0.1, 0.15) is 12.4 Å². The Morgan fingerprint density at radius 1 is 1.08 bits per heavy atom. The Labute approximate surface area is 239 Å². The molecule has 6 nitrogen and oxygen atoms in total. The molecule has 0 saturated carbocycles. The van der Waals surface area contributed by atoms with Crippen LogP contribution in [0.1, 0.15) is 36.6 Å². The number of hydrogen-bond acceptors (Lipinski definition) is 6. The first-order valence-electron chi connectivity index (χ1n) is 12.3. The highest BCUT2D eigenvalue weighted by atomic mass is 35.5. The average Bonchev–Trinajstić information content (AvgIpc) is 3.22. The molecule has 0 N–H and O–H groups in total. The zero-order valence-electron chi connectivity index (χ0n) is 21.2. The summed E-state index contributed by atoms with van der Waals surface area (Å²) < 4.78 is 13.3. The van der Waals surface area contributed by atoms with Gasteiger partial charge in [0.15, 0.2) is 4.80 Å². The van der Waals surface area contributed by atoms with Gasteiger partial charge >= 0.3 is 5.97 Å². The van der Waals surface area contributed by atoms with E-state index < -0.39 is 12.0 Å². The molecule has 3 aromatic carbocycles. The summed E-state index contributed by atoms with van der Waals surface area (Å²) in [6.07, 6.45) is 1.81. The molecule has 39 heavy (non-hydrogen) atoms. The predicted molar refractivity (Wildman–Crippen MR) is 154 cm³/mol. The Morgan fingerprint density at radius 2 is 1.82 bits per heavy atom. The maximum Gasteiger partial charge on any atom is 0.338 e. The highest BCUT2D eigenvalue weighted by molar-refractivity contribution is 7.07. The molecule has 1 aliphatic heterocycles.